The Morgan fingerprint density at radius 3 is 1.66 bits per heavy atom. The van der Waals surface area contributed by atoms with Crippen molar-refractivity contribution in [1.82, 2.24) is 4.90 Å². The lowest BCUT2D eigenvalue weighted by Crippen LogP contribution is -2.28. The zero-order valence-corrected chi connectivity index (χ0v) is 18.5. The molecule has 0 saturated heterocycles. The van der Waals surface area contributed by atoms with E-state index in [1.165, 1.54) is 0 Å². The average molecular weight is 422 g/mol. The Kier molecular flexibility index (Phi) is 6.46. The molecule has 3 aromatic rings. The monoisotopic (exact) mass is 421 g/mol. The van der Waals surface area contributed by atoms with Gasteiger partial charge in [-0.25, -0.2) is 0 Å². The van der Waals surface area contributed by atoms with Crippen LogP contribution in [-0.2, 0) is 0 Å². The second kappa shape index (κ2) is 9.61. The molecule has 0 unspecified atom stereocenters. The Bertz CT molecular complexity index is 1110. The van der Waals surface area contributed by atoms with Gasteiger partial charge in [-0.2, -0.15) is 0 Å². The number of nitrogens with zero attached hydrogens (tertiary/aromatic N) is 1. The zero-order valence-electron chi connectivity index (χ0n) is 18.5. The summed E-state index contributed by atoms with van der Waals surface area (Å²) in [6.07, 6.45) is 4.76. The smallest absolute Gasteiger partial charge is 0.191 e. The van der Waals surface area contributed by atoms with E-state index < -0.39 is 5.92 Å². The molecule has 32 heavy (non-hydrogen) atoms. The number of aryl methyl sites for hydroxylation is 1. The van der Waals surface area contributed by atoms with Crippen LogP contribution in [0.2, 0.25) is 0 Å². The van der Waals surface area contributed by atoms with E-state index >= 15 is 0 Å². The Morgan fingerprint density at radius 1 is 0.719 bits per heavy atom. The average Bonchev–Trinajstić information content (AvgIpc) is 2.84. The van der Waals surface area contributed by atoms with E-state index in [2.05, 4.69) is 6.92 Å². The van der Waals surface area contributed by atoms with Crippen molar-refractivity contribution in [3.63, 3.8) is 0 Å². The molecule has 0 spiro atoms. The van der Waals surface area contributed by atoms with E-state index in [1.807, 2.05) is 109 Å². The lowest BCUT2D eigenvalue weighted by atomic mass is 9.76. The highest BCUT2D eigenvalue weighted by molar-refractivity contribution is 6.15. The van der Waals surface area contributed by atoms with Gasteiger partial charge in [0.05, 0.1) is 0 Å². The van der Waals surface area contributed by atoms with Gasteiger partial charge in [-0.1, -0.05) is 91.9 Å². The van der Waals surface area contributed by atoms with Crippen molar-refractivity contribution in [2.45, 2.75) is 26.2 Å². The van der Waals surface area contributed by atoms with Crippen molar-refractivity contribution in [3.05, 3.63) is 131 Å². The van der Waals surface area contributed by atoms with Crippen LogP contribution in [0.4, 0.5) is 0 Å². The van der Waals surface area contributed by atoms with Crippen LogP contribution in [0, 0.1) is 6.92 Å². The second-order valence-corrected chi connectivity index (χ2v) is 8.09. The predicted molar refractivity (Wildman–Crippen MR) is 129 cm³/mol. The van der Waals surface area contributed by atoms with Gasteiger partial charge in [0.1, 0.15) is 0 Å². The van der Waals surface area contributed by atoms with E-state index in [1.54, 1.807) is 0 Å². The number of benzene rings is 3. The van der Waals surface area contributed by atoms with Crippen LogP contribution < -0.4 is 0 Å². The number of carbonyl (C=O) groups is 2. The van der Waals surface area contributed by atoms with Crippen LogP contribution in [0.25, 0.3) is 0 Å². The van der Waals surface area contributed by atoms with Gasteiger partial charge in [-0.3, -0.25) is 9.59 Å². The van der Waals surface area contributed by atoms with Crippen molar-refractivity contribution in [2.75, 3.05) is 6.54 Å². The maximum absolute atomic E-state index is 13.7. The molecule has 0 amide bonds. The van der Waals surface area contributed by atoms with Crippen LogP contribution in [0.3, 0.4) is 0 Å². The van der Waals surface area contributed by atoms with E-state index in [4.69, 9.17) is 0 Å². The van der Waals surface area contributed by atoms with Gasteiger partial charge < -0.3 is 4.90 Å². The molecular formula is C29H27NO2. The minimum Gasteiger partial charge on any atom is -0.353 e. The van der Waals surface area contributed by atoms with Gasteiger partial charge in [-0.05, 0) is 24.5 Å². The number of carbonyl (C=O) groups excluding carboxylic acids is 2. The minimum absolute atomic E-state index is 0.0496. The van der Waals surface area contributed by atoms with Crippen LogP contribution >= 0.6 is 0 Å². The van der Waals surface area contributed by atoms with Crippen molar-refractivity contribution >= 4 is 11.6 Å². The topological polar surface area (TPSA) is 37.4 Å². The standard InChI is InChI=1S/C29H27NO2/c1-3-18-30-19-25(28(31)22-13-6-4-7-14-22)27(24-17-11-10-12-21(24)2)26(20-30)29(32)23-15-8-5-9-16-23/h4-17,19-20,27H,3,18H2,1-2H3. The van der Waals surface area contributed by atoms with Gasteiger partial charge in [0.15, 0.2) is 11.6 Å². The molecule has 0 fully saturated rings. The fourth-order valence-electron chi connectivity index (χ4n) is 4.24. The summed E-state index contributed by atoms with van der Waals surface area (Å²) in [4.78, 5) is 29.4. The molecule has 1 aliphatic rings. The summed E-state index contributed by atoms with van der Waals surface area (Å²) in [5.74, 6) is -0.525. The molecule has 0 radical (unpaired) electrons. The van der Waals surface area contributed by atoms with E-state index in [0.29, 0.717) is 22.3 Å². The first-order valence-electron chi connectivity index (χ1n) is 11.0. The summed E-state index contributed by atoms with van der Waals surface area (Å²) in [5.41, 5.74) is 4.54. The third-order valence-corrected chi connectivity index (χ3v) is 5.81. The molecule has 0 aromatic heterocycles. The molecule has 1 heterocycles. The van der Waals surface area contributed by atoms with Crippen molar-refractivity contribution in [3.8, 4) is 0 Å². The van der Waals surface area contributed by atoms with Gasteiger partial charge in [0.2, 0.25) is 0 Å². The molecule has 3 heteroatoms. The maximum Gasteiger partial charge on any atom is 0.191 e. The summed E-state index contributed by atoms with van der Waals surface area (Å²) in [5, 5.41) is 0. The normalized spacial score (nSPS) is 14.0. The van der Waals surface area contributed by atoms with E-state index in [9.17, 15) is 9.59 Å². The third-order valence-electron chi connectivity index (χ3n) is 5.81. The molecule has 3 aromatic carbocycles. The van der Waals surface area contributed by atoms with Gasteiger partial charge >= 0.3 is 0 Å². The van der Waals surface area contributed by atoms with Crippen LogP contribution in [0.1, 0.15) is 51.1 Å². The number of ketones is 2. The summed E-state index contributed by atoms with van der Waals surface area (Å²) >= 11 is 0. The molecule has 0 atom stereocenters. The Labute approximate surface area is 189 Å². The van der Waals surface area contributed by atoms with E-state index in [0.717, 1.165) is 24.1 Å². The number of hydrogen-bond donors (Lipinski definition) is 0. The molecular weight excluding hydrogens is 394 g/mol. The lowest BCUT2D eigenvalue weighted by Gasteiger charge is -2.32. The molecule has 160 valence electrons. The third kappa shape index (κ3) is 4.33. The van der Waals surface area contributed by atoms with Crippen molar-refractivity contribution in [1.29, 1.82) is 0 Å². The first-order valence-corrected chi connectivity index (χ1v) is 11.0. The molecule has 0 N–H and O–H groups in total. The first-order chi connectivity index (χ1) is 15.6. The number of hydrogen-bond acceptors (Lipinski definition) is 3. The number of rotatable bonds is 7. The Balaban J connectivity index is 1.89. The fourth-order valence-corrected chi connectivity index (χ4v) is 4.24. The highest BCUT2D eigenvalue weighted by Gasteiger charge is 2.35. The zero-order chi connectivity index (χ0) is 22.5. The molecule has 0 bridgehead atoms. The summed E-state index contributed by atoms with van der Waals surface area (Å²) < 4.78 is 0. The highest BCUT2D eigenvalue weighted by Crippen LogP contribution is 2.40. The maximum atomic E-state index is 13.7. The molecule has 1 aliphatic heterocycles. The molecule has 0 aliphatic carbocycles. The Morgan fingerprint density at radius 2 is 1.19 bits per heavy atom. The predicted octanol–water partition coefficient (Wildman–Crippen LogP) is 6.34. The van der Waals surface area contributed by atoms with Gasteiger partial charge in [-0.15, -0.1) is 0 Å². The first kappa shape index (κ1) is 21.5. The Hall–Kier alpha value is -3.72. The molecule has 4 rings (SSSR count). The SMILES string of the molecule is CCCN1C=C(C(=O)c2ccccc2)C(c2ccccc2C)C(C(=O)c2ccccc2)=C1. The molecule has 3 nitrogen and oxygen atoms in total. The van der Waals surface area contributed by atoms with Crippen molar-refractivity contribution in [2.24, 2.45) is 0 Å². The van der Waals surface area contributed by atoms with Crippen LogP contribution in [0.5, 0.6) is 0 Å². The fraction of sp³-hybridized carbons (Fsp3) is 0.172. The van der Waals surface area contributed by atoms with Crippen molar-refractivity contribution < 1.29 is 9.59 Å². The highest BCUT2D eigenvalue weighted by atomic mass is 16.1. The van der Waals surface area contributed by atoms with Crippen LogP contribution in [-0.4, -0.2) is 23.0 Å². The van der Waals surface area contributed by atoms with Gasteiger partial charge in [0.25, 0.3) is 0 Å². The van der Waals surface area contributed by atoms with E-state index in [-0.39, 0.29) is 11.6 Å². The number of allylic oxidation sites excluding steroid dienone is 2. The summed E-state index contributed by atoms with van der Waals surface area (Å²) in [6.45, 7) is 4.85. The second-order valence-electron chi connectivity index (χ2n) is 8.09. The lowest BCUT2D eigenvalue weighted by molar-refractivity contribution is 0.101. The minimum atomic E-state index is -0.426. The number of Topliss-reactive ketones (excluding diaryl/α,β-unsaturated/α-hetero) is 2. The summed E-state index contributed by atoms with van der Waals surface area (Å²) in [7, 11) is 0. The quantitative estimate of drug-likeness (QED) is 0.418. The largest absolute Gasteiger partial charge is 0.353 e. The summed E-state index contributed by atoms with van der Waals surface area (Å²) in [6, 6.07) is 26.6. The van der Waals surface area contributed by atoms with Crippen LogP contribution in [0.15, 0.2) is 108 Å². The van der Waals surface area contributed by atoms with Gasteiger partial charge in [0, 0.05) is 47.1 Å². The molecule has 0 saturated carbocycles.